The van der Waals surface area contributed by atoms with E-state index < -0.39 is 0 Å². The van der Waals surface area contributed by atoms with Gasteiger partial charge >= 0.3 is 0 Å². The zero-order valence-electron chi connectivity index (χ0n) is 15.6. The minimum atomic E-state index is 0.162. The molecule has 0 saturated carbocycles. The van der Waals surface area contributed by atoms with Gasteiger partial charge in [-0.2, -0.15) is 0 Å². The van der Waals surface area contributed by atoms with E-state index in [-0.39, 0.29) is 5.41 Å². The van der Waals surface area contributed by atoms with Crippen molar-refractivity contribution in [3.63, 3.8) is 0 Å². The first-order chi connectivity index (χ1) is 12.3. The van der Waals surface area contributed by atoms with Gasteiger partial charge in [0.15, 0.2) is 4.96 Å². The van der Waals surface area contributed by atoms with E-state index in [0.717, 1.165) is 21.9 Å². The van der Waals surface area contributed by atoms with Crippen molar-refractivity contribution < 1.29 is 0 Å². The largest absolute Gasteiger partial charge is 0.399 e. The van der Waals surface area contributed by atoms with Crippen molar-refractivity contribution >= 4 is 22.0 Å². The molecule has 0 saturated heterocycles. The Morgan fingerprint density at radius 3 is 2.15 bits per heavy atom. The topological polar surface area (TPSA) is 43.3 Å². The quantitative estimate of drug-likeness (QED) is 0.450. The molecule has 3 nitrogen and oxygen atoms in total. The lowest BCUT2D eigenvalue weighted by molar-refractivity contribution is 0.590. The molecule has 4 heteroatoms. The van der Waals surface area contributed by atoms with Gasteiger partial charge in [-0.1, -0.05) is 57.2 Å². The summed E-state index contributed by atoms with van der Waals surface area (Å²) in [5.41, 5.74) is 12.6. The standard InChI is InChI=1S/C22H23N3S/c1-14-20(16-5-9-17(10-6-16)22(2,3)4)25-13-19(24-21(25)26-14)15-7-11-18(23)12-8-15/h5-13H,23H2,1-4H3. The van der Waals surface area contributed by atoms with Gasteiger partial charge in [-0.3, -0.25) is 4.40 Å². The molecule has 0 bridgehead atoms. The van der Waals surface area contributed by atoms with Gasteiger partial charge in [0.2, 0.25) is 0 Å². The molecule has 132 valence electrons. The molecular formula is C22H23N3S. The van der Waals surface area contributed by atoms with Gasteiger partial charge in [0.1, 0.15) is 0 Å². The van der Waals surface area contributed by atoms with Crippen LogP contribution in [0.4, 0.5) is 5.69 Å². The number of thiazole rings is 1. The number of nitrogens with two attached hydrogens (primary N) is 1. The first-order valence-electron chi connectivity index (χ1n) is 8.78. The van der Waals surface area contributed by atoms with Crippen molar-refractivity contribution in [1.29, 1.82) is 0 Å². The molecule has 0 amide bonds. The molecule has 0 atom stereocenters. The Labute approximate surface area is 158 Å². The van der Waals surface area contributed by atoms with E-state index in [4.69, 9.17) is 10.7 Å². The van der Waals surface area contributed by atoms with Gasteiger partial charge in [-0.25, -0.2) is 4.98 Å². The number of aromatic nitrogens is 2. The maximum absolute atomic E-state index is 5.80. The molecule has 0 aliphatic heterocycles. The Bertz CT molecular complexity index is 1060. The monoisotopic (exact) mass is 361 g/mol. The molecule has 4 rings (SSSR count). The summed E-state index contributed by atoms with van der Waals surface area (Å²) >= 11 is 1.73. The number of aryl methyl sites for hydroxylation is 1. The van der Waals surface area contributed by atoms with E-state index in [1.54, 1.807) is 11.3 Å². The smallest absolute Gasteiger partial charge is 0.194 e. The molecule has 0 aliphatic rings. The van der Waals surface area contributed by atoms with Crippen LogP contribution in [-0.2, 0) is 5.41 Å². The first kappa shape index (κ1) is 16.9. The third kappa shape index (κ3) is 2.90. The predicted molar refractivity (Wildman–Crippen MR) is 112 cm³/mol. The molecule has 0 unspecified atom stereocenters. The van der Waals surface area contributed by atoms with Crippen molar-refractivity contribution in [2.75, 3.05) is 5.73 Å². The zero-order chi connectivity index (χ0) is 18.5. The van der Waals surface area contributed by atoms with Crippen molar-refractivity contribution in [1.82, 2.24) is 9.38 Å². The van der Waals surface area contributed by atoms with Crippen molar-refractivity contribution in [3.8, 4) is 22.5 Å². The van der Waals surface area contributed by atoms with E-state index in [1.165, 1.54) is 21.7 Å². The van der Waals surface area contributed by atoms with Gasteiger partial charge in [0.25, 0.3) is 0 Å². The molecule has 2 heterocycles. The van der Waals surface area contributed by atoms with E-state index in [2.05, 4.69) is 62.6 Å². The predicted octanol–water partition coefficient (Wildman–Crippen LogP) is 5.92. The summed E-state index contributed by atoms with van der Waals surface area (Å²) in [5.74, 6) is 0. The van der Waals surface area contributed by atoms with Crippen LogP contribution in [0.15, 0.2) is 54.7 Å². The second kappa shape index (κ2) is 5.99. The Morgan fingerprint density at radius 2 is 1.54 bits per heavy atom. The van der Waals surface area contributed by atoms with Gasteiger partial charge in [-0.15, -0.1) is 11.3 Å². The molecule has 2 aromatic heterocycles. The fraction of sp³-hybridized carbons (Fsp3) is 0.227. The first-order valence-corrected chi connectivity index (χ1v) is 9.60. The highest BCUT2D eigenvalue weighted by atomic mass is 32.1. The van der Waals surface area contributed by atoms with E-state index in [1.807, 2.05) is 24.3 Å². The van der Waals surface area contributed by atoms with Crippen molar-refractivity contribution in [2.24, 2.45) is 0 Å². The molecule has 26 heavy (non-hydrogen) atoms. The molecule has 0 radical (unpaired) electrons. The number of hydrogen-bond acceptors (Lipinski definition) is 3. The summed E-state index contributed by atoms with van der Waals surface area (Å²) in [6.45, 7) is 8.88. The van der Waals surface area contributed by atoms with Crippen LogP contribution >= 0.6 is 11.3 Å². The number of nitrogens with zero attached hydrogens (tertiary/aromatic N) is 2. The number of benzene rings is 2. The van der Waals surface area contributed by atoms with Crippen LogP contribution in [0.1, 0.15) is 31.2 Å². The van der Waals surface area contributed by atoms with E-state index in [9.17, 15) is 0 Å². The lowest BCUT2D eigenvalue weighted by Gasteiger charge is -2.19. The molecule has 2 N–H and O–H groups in total. The average Bonchev–Trinajstić information content (AvgIpc) is 3.11. The Balaban J connectivity index is 1.80. The number of nitrogen functional groups attached to an aromatic ring is 1. The summed E-state index contributed by atoms with van der Waals surface area (Å²) in [6.07, 6.45) is 2.12. The number of rotatable bonds is 2. The zero-order valence-corrected chi connectivity index (χ0v) is 16.4. The summed E-state index contributed by atoms with van der Waals surface area (Å²) in [5, 5.41) is 0. The lowest BCUT2D eigenvalue weighted by atomic mass is 9.86. The second-order valence-electron chi connectivity index (χ2n) is 7.73. The Hall–Kier alpha value is -2.59. The summed E-state index contributed by atoms with van der Waals surface area (Å²) in [6, 6.07) is 16.8. The lowest BCUT2D eigenvalue weighted by Crippen LogP contribution is -2.10. The van der Waals surface area contributed by atoms with Crippen LogP contribution in [0, 0.1) is 6.92 Å². The van der Waals surface area contributed by atoms with E-state index in [0.29, 0.717) is 0 Å². The van der Waals surface area contributed by atoms with Crippen LogP contribution in [-0.4, -0.2) is 9.38 Å². The van der Waals surface area contributed by atoms with Crippen molar-refractivity contribution in [2.45, 2.75) is 33.1 Å². The minimum Gasteiger partial charge on any atom is -0.399 e. The molecule has 0 spiro atoms. The Morgan fingerprint density at radius 1 is 0.923 bits per heavy atom. The van der Waals surface area contributed by atoms with E-state index >= 15 is 0 Å². The molecule has 0 fully saturated rings. The second-order valence-corrected chi connectivity index (χ2v) is 8.92. The van der Waals surface area contributed by atoms with Crippen LogP contribution in [0.5, 0.6) is 0 Å². The molecule has 0 aliphatic carbocycles. The average molecular weight is 362 g/mol. The summed E-state index contributed by atoms with van der Waals surface area (Å²) in [7, 11) is 0. The van der Waals surface area contributed by atoms with Gasteiger partial charge in [0.05, 0.1) is 11.4 Å². The van der Waals surface area contributed by atoms with Crippen LogP contribution in [0.2, 0.25) is 0 Å². The summed E-state index contributed by atoms with van der Waals surface area (Å²) < 4.78 is 2.21. The number of imidazole rings is 1. The molecule has 4 aromatic rings. The third-order valence-electron chi connectivity index (χ3n) is 4.72. The highest BCUT2D eigenvalue weighted by Gasteiger charge is 2.17. The molecule has 2 aromatic carbocycles. The number of hydrogen-bond donors (Lipinski definition) is 1. The fourth-order valence-corrected chi connectivity index (χ4v) is 4.19. The highest BCUT2D eigenvalue weighted by Crippen LogP contribution is 2.34. The van der Waals surface area contributed by atoms with Gasteiger partial charge in [0, 0.05) is 22.3 Å². The Kier molecular flexibility index (Phi) is 3.88. The maximum Gasteiger partial charge on any atom is 0.194 e. The SMILES string of the molecule is Cc1sc2nc(-c3ccc(N)cc3)cn2c1-c1ccc(C(C)(C)C)cc1. The van der Waals surface area contributed by atoms with Crippen molar-refractivity contribution in [3.05, 3.63) is 65.2 Å². The maximum atomic E-state index is 5.80. The number of fused-ring (bicyclic) bond motifs is 1. The van der Waals surface area contributed by atoms with Crippen LogP contribution in [0.25, 0.3) is 27.5 Å². The number of anilines is 1. The highest BCUT2D eigenvalue weighted by molar-refractivity contribution is 7.17. The minimum absolute atomic E-state index is 0.162. The summed E-state index contributed by atoms with van der Waals surface area (Å²) in [4.78, 5) is 7.11. The third-order valence-corrected chi connectivity index (χ3v) is 5.69. The normalized spacial score (nSPS) is 12.0. The van der Waals surface area contributed by atoms with Gasteiger partial charge < -0.3 is 5.73 Å². The van der Waals surface area contributed by atoms with Crippen LogP contribution < -0.4 is 5.73 Å². The fourth-order valence-electron chi connectivity index (χ4n) is 3.21. The van der Waals surface area contributed by atoms with Crippen LogP contribution in [0.3, 0.4) is 0 Å². The molecular weight excluding hydrogens is 338 g/mol. The van der Waals surface area contributed by atoms with Gasteiger partial charge in [-0.05, 0) is 35.6 Å².